The Morgan fingerprint density at radius 2 is 2.05 bits per heavy atom. The van der Waals surface area contributed by atoms with Crippen LogP contribution in [0.5, 0.6) is 0 Å². The van der Waals surface area contributed by atoms with Crippen molar-refractivity contribution in [3.05, 3.63) is 55.7 Å². The molecule has 0 radical (unpaired) electrons. The first-order valence-electron chi connectivity index (χ1n) is 6.05. The second-order valence-electron chi connectivity index (χ2n) is 4.47. The molecule has 0 atom stereocenters. The fourth-order valence-electron chi connectivity index (χ4n) is 1.82. The zero-order valence-electron chi connectivity index (χ0n) is 11.0. The topological polar surface area (TPSA) is 35.8 Å². The van der Waals surface area contributed by atoms with E-state index in [0.29, 0.717) is 17.1 Å². The maximum absolute atomic E-state index is 8.78. The number of hydrogen-bond donors (Lipinski definition) is 1. The maximum Gasteiger partial charge on any atom is 0.0992 e. The van der Waals surface area contributed by atoms with Crippen LogP contribution in [-0.2, 0) is 13.1 Å². The summed E-state index contributed by atoms with van der Waals surface area (Å²) in [4.78, 5) is 2.70. The average Bonchev–Trinajstić information content (AvgIpc) is 2.70. The molecular weight excluding hydrogens is 276 g/mol. The number of aryl methyl sites for hydroxylation is 2. The van der Waals surface area contributed by atoms with Gasteiger partial charge in [-0.05, 0) is 43.2 Å². The number of rotatable bonds is 4. The highest BCUT2D eigenvalue weighted by Crippen LogP contribution is 2.21. The van der Waals surface area contributed by atoms with Gasteiger partial charge in [0.15, 0.2) is 0 Å². The summed E-state index contributed by atoms with van der Waals surface area (Å²) >= 11 is 7.95. The molecule has 0 aliphatic heterocycles. The van der Waals surface area contributed by atoms with Crippen molar-refractivity contribution >= 4 is 22.9 Å². The molecule has 19 heavy (non-hydrogen) atoms. The second-order valence-corrected chi connectivity index (χ2v) is 6.22. The summed E-state index contributed by atoms with van der Waals surface area (Å²) in [6.45, 7) is 5.82. The third-order valence-electron chi connectivity index (χ3n) is 3.01. The van der Waals surface area contributed by atoms with Gasteiger partial charge in [0, 0.05) is 27.9 Å². The van der Waals surface area contributed by atoms with Crippen molar-refractivity contribution in [1.29, 1.82) is 5.26 Å². The Kier molecular flexibility index (Phi) is 4.60. The van der Waals surface area contributed by atoms with Gasteiger partial charge in [0.05, 0.1) is 11.6 Å². The zero-order chi connectivity index (χ0) is 13.8. The molecule has 0 aliphatic rings. The van der Waals surface area contributed by atoms with Crippen LogP contribution in [0, 0.1) is 25.2 Å². The third kappa shape index (κ3) is 3.57. The van der Waals surface area contributed by atoms with Crippen LogP contribution in [0.4, 0.5) is 0 Å². The Labute approximate surface area is 122 Å². The van der Waals surface area contributed by atoms with Gasteiger partial charge in [0.2, 0.25) is 0 Å². The third-order valence-corrected chi connectivity index (χ3v) is 4.52. The van der Waals surface area contributed by atoms with Crippen molar-refractivity contribution in [1.82, 2.24) is 5.32 Å². The van der Waals surface area contributed by atoms with Gasteiger partial charge in [-0.15, -0.1) is 11.3 Å². The number of thiophene rings is 1. The highest BCUT2D eigenvalue weighted by atomic mass is 35.5. The molecule has 0 fully saturated rings. The Hall–Kier alpha value is -1.34. The summed E-state index contributed by atoms with van der Waals surface area (Å²) in [6.07, 6.45) is 0. The predicted octanol–water partition coefficient (Wildman–Crippen LogP) is 4.18. The summed E-state index contributed by atoms with van der Waals surface area (Å²) < 4.78 is 0. The van der Waals surface area contributed by atoms with Gasteiger partial charge in [-0.3, -0.25) is 0 Å². The van der Waals surface area contributed by atoms with Gasteiger partial charge in [-0.25, -0.2) is 0 Å². The Bertz CT molecular complexity index is 606. The van der Waals surface area contributed by atoms with E-state index in [0.717, 1.165) is 12.1 Å². The van der Waals surface area contributed by atoms with Gasteiger partial charge in [0.1, 0.15) is 0 Å². The monoisotopic (exact) mass is 290 g/mol. The lowest BCUT2D eigenvalue weighted by Gasteiger charge is -2.06. The van der Waals surface area contributed by atoms with Gasteiger partial charge in [-0.1, -0.05) is 17.7 Å². The maximum atomic E-state index is 8.78. The summed E-state index contributed by atoms with van der Waals surface area (Å²) in [7, 11) is 0. The van der Waals surface area contributed by atoms with E-state index >= 15 is 0 Å². The first-order valence-corrected chi connectivity index (χ1v) is 7.24. The van der Waals surface area contributed by atoms with Gasteiger partial charge >= 0.3 is 0 Å². The molecule has 2 aromatic rings. The minimum absolute atomic E-state index is 0.596. The van der Waals surface area contributed by atoms with Crippen molar-refractivity contribution in [3.63, 3.8) is 0 Å². The number of nitrogens with zero attached hydrogens (tertiary/aromatic N) is 1. The van der Waals surface area contributed by atoms with Gasteiger partial charge in [0.25, 0.3) is 0 Å². The summed E-state index contributed by atoms with van der Waals surface area (Å²) in [5, 5.41) is 12.8. The molecule has 1 heterocycles. The van der Waals surface area contributed by atoms with E-state index in [2.05, 4.69) is 31.3 Å². The minimum Gasteiger partial charge on any atom is -0.308 e. The lowest BCUT2D eigenvalue weighted by atomic mass is 10.1. The molecule has 0 saturated heterocycles. The molecule has 0 spiro atoms. The van der Waals surface area contributed by atoms with E-state index in [-0.39, 0.29) is 0 Å². The van der Waals surface area contributed by atoms with Crippen LogP contribution in [0.2, 0.25) is 5.02 Å². The van der Waals surface area contributed by atoms with Crippen molar-refractivity contribution in [2.24, 2.45) is 0 Å². The molecule has 1 aromatic heterocycles. The zero-order valence-corrected chi connectivity index (χ0v) is 12.5. The number of halogens is 1. The van der Waals surface area contributed by atoms with Crippen LogP contribution >= 0.6 is 22.9 Å². The molecular formula is C15H15ClN2S. The molecule has 0 saturated carbocycles. The highest BCUT2D eigenvalue weighted by molar-refractivity contribution is 7.12. The van der Waals surface area contributed by atoms with Crippen LogP contribution in [0.3, 0.4) is 0 Å². The molecule has 2 nitrogen and oxygen atoms in total. The Morgan fingerprint density at radius 3 is 2.63 bits per heavy atom. The Morgan fingerprint density at radius 1 is 1.26 bits per heavy atom. The molecule has 98 valence electrons. The van der Waals surface area contributed by atoms with Crippen LogP contribution in [-0.4, -0.2) is 0 Å². The number of nitrogens with one attached hydrogen (secondary N) is 1. The van der Waals surface area contributed by atoms with E-state index in [4.69, 9.17) is 16.9 Å². The molecule has 0 bridgehead atoms. The van der Waals surface area contributed by atoms with Crippen LogP contribution in [0.25, 0.3) is 0 Å². The largest absolute Gasteiger partial charge is 0.308 e. The van der Waals surface area contributed by atoms with Gasteiger partial charge in [-0.2, -0.15) is 5.26 Å². The van der Waals surface area contributed by atoms with E-state index in [1.807, 2.05) is 17.4 Å². The predicted molar refractivity (Wildman–Crippen MR) is 80.5 cm³/mol. The quantitative estimate of drug-likeness (QED) is 0.917. The first-order chi connectivity index (χ1) is 9.10. The summed E-state index contributed by atoms with van der Waals surface area (Å²) in [5.74, 6) is 0. The first kappa shape index (κ1) is 14.1. The van der Waals surface area contributed by atoms with Crippen molar-refractivity contribution in [2.75, 3.05) is 0 Å². The SMILES string of the molecule is Cc1cc(CNCc2ccc(C#N)cc2Cl)sc1C. The van der Waals surface area contributed by atoms with Crippen LogP contribution in [0.15, 0.2) is 24.3 Å². The molecule has 0 amide bonds. The number of benzene rings is 1. The molecule has 1 N–H and O–H groups in total. The lowest BCUT2D eigenvalue weighted by molar-refractivity contribution is 0.701. The van der Waals surface area contributed by atoms with Crippen molar-refractivity contribution in [3.8, 4) is 6.07 Å². The molecule has 0 aliphatic carbocycles. The number of hydrogen-bond acceptors (Lipinski definition) is 3. The summed E-state index contributed by atoms with van der Waals surface area (Å²) in [5.41, 5.74) is 2.96. The number of nitriles is 1. The van der Waals surface area contributed by atoms with E-state index in [9.17, 15) is 0 Å². The standard InChI is InChI=1S/C15H15ClN2S/c1-10-5-14(19-11(10)2)9-18-8-13-4-3-12(7-17)6-15(13)16/h3-6,18H,8-9H2,1-2H3. The van der Waals surface area contributed by atoms with E-state index in [1.165, 1.54) is 15.3 Å². The van der Waals surface area contributed by atoms with E-state index in [1.54, 1.807) is 12.1 Å². The molecule has 1 aromatic carbocycles. The molecule has 4 heteroatoms. The summed E-state index contributed by atoms with van der Waals surface area (Å²) in [6, 6.07) is 9.70. The fraction of sp³-hybridized carbons (Fsp3) is 0.267. The lowest BCUT2D eigenvalue weighted by Crippen LogP contribution is -2.12. The van der Waals surface area contributed by atoms with Crippen LogP contribution in [0.1, 0.15) is 26.4 Å². The van der Waals surface area contributed by atoms with Gasteiger partial charge < -0.3 is 5.32 Å². The van der Waals surface area contributed by atoms with Crippen LogP contribution < -0.4 is 5.32 Å². The van der Waals surface area contributed by atoms with Crippen molar-refractivity contribution < 1.29 is 0 Å². The van der Waals surface area contributed by atoms with Crippen molar-refractivity contribution in [2.45, 2.75) is 26.9 Å². The normalized spacial score (nSPS) is 10.4. The molecule has 2 rings (SSSR count). The smallest absolute Gasteiger partial charge is 0.0992 e. The van der Waals surface area contributed by atoms with E-state index < -0.39 is 0 Å². The highest BCUT2D eigenvalue weighted by Gasteiger charge is 2.04. The minimum atomic E-state index is 0.596. The second kappa shape index (κ2) is 6.21. The fourth-order valence-corrected chi connectivity index (χ4v) is 3.09. The molecule has 0 unspecified atom stereocenters. The Balaban J connectivity index is 1.94. The average molecular weight is 291 g/mol.